The van der Waals surface area contributed by atoms with Crippen molar-refractivity contribution in [2.45, 2.75) is 0 Å². The topological polar surface area (TPSA) is 35.6 Å². The third-order valence-corrected chi connectivity index (χ3v) is 10.5. The maximum atomic E-state index is 5.01. The van der Waals surface area contributed by atoms with Crippen LogP contribution in [0.2, 0.25) is 0 Å². The number of thiophene rings is 1. The van der Waals surface area contributed by atoms with Gasteiger partial charge in [0.2, 0.25) is 0 Å². The first-order valence-electron chi connectivity index (χ1n) is 15.7. The Balaban J connectivity index is 1.13. The van der Waals surface area contributed by atoms with Crippen LogP contribution in [0.5, 0.6) is 0 Å². The van der Waals surface area contributed by atoms with Gasteiger partial charge in [-0.15, -0.1) is 11.3 Å². The standard InChI is InChI=1S/C42H26N4S/c1-4-13-37-32(8-1)35-26-28(31-10-7-11-34-33-9-2-6-15-40(33)47-41(31)34)16-21-38(35)45(37)29-17-19-30(20-18-29)46-39-14-5-3-12-36(39)44-42(46)27-22-24-43-25-23-27/h1-26H. The number of aromatic nitrogens is 4. The molecule has 0 spiro atoms. The van der Waals surface area contributed by atoms with Crippen molar-refractivity contribution in [1.29, 1.82) is 0 Å². The van der Waals surface area contributed by atoms with Crippen molar-refractivity contribution in [3.8, 4) is 33.9 Å². The molecule has 0 unspecified atom stereocenters. The van der Waals surface area contributed by atoms with Crippen LogP contribution in [0.15, 0.2) is 158 Å². The zero-order chi connectivity index (χ0) is 30.9. The first-order chi connectivity index (χ1) is 23.3. The van der Waals surface area contributed by atoms with E-state index in [2.05, 4.69) is 142 Å². The summed E-state index contributed by atoms with van der Waals surface area (Å²) in [5.41, 5.74) is 10.2. The smallest absolute Gasteiger partial charge is 0.145 e. The Morgan fingerprint density at radius 1 is 0.468 bits per heavy atom. The molecule has 0 aliphatic carbocycles. The van der Waals surface area contributed by atoms with Crippen LogP contribution >= 0.6 is 11.3 Å². The van der Waals surface area contributed by atoms with Crippen molar-refractivity contribution < 1.29 is 0 Å². The van der Waals surface area contributed by atoms with Gasteiger partial charge >= 0.3 is 0 Å². The predicted molar refractivity (Wildman–Crippen MR) is 197 cm³/mol. The molecule has 0 saturated heterocycles. The molecule has 6 aromatic carbocycles. The van der Waals surface area contributed by atoms with E-state index in [0.29, 0.717) is 0 Å². The van der Waals surface area contributed by atoms with Crippen LogP contribution in [0.3, 0.4) is 0 Å². The lowest BCUT2D eigenvalue weighted by molar-refractivity contribution is 1.09. The Morgan fingerprint density at radius 3 is 2.00 bits per heavy atom. The van der Waals surface area contributed by atoms with E-state index in [9.17, 15) is 0 Å². The molecule has 47 heavy (non-hydrogen) atoms. The van der Waals surface area contributed by atoms with E-state index in [4.69, 9.17) is 4.98 Å². The van der Waals surface area contributed by atoms with Crippen LogP contribution in [-0.4, -0.2) is 19.1 Å². The fourth-order valence-electron chi connectivity index (χ4n) is 7.13. The van der Waals surface area contributed by atoms with E-state index in [1.165, 1.54) is 53.1 Å². The normalized spacial score (nSPS) is 11.8. The van der Waals surface area contributed by atoms with Gasteiger partial charge < -0.3 is 4.57 Å². The molecular formula is C42H26N4S. The van der Waals surface area contributed by atoms with Gasteiger partial charge in [-0.05, 0) is 83.9 Å². The summed E-state index contributed by atoms with van der Waals surface area (Å²) in [5, 5.41) is 5.15. The highest BCUT2D eigenvalue weighted by atomic mass is 32.1. The van der Waals surface area contributed by atoms with Crippen LogP contribution in [0.4, 0.5) is 0 Å². The minimum absolute atomic E-state index is 0.902. The van der Waals surface area contributed by atoms with Crippen LogP contribution in [0, 0.1) is 0 Å². The maximum absolute atomic E-state index is 5.01. The SMILES string of the molecule is c1ccc2c(c1)nc(-c1ccncc1)n2-c1ccc(-n2c3ccccc3c3cc(-c4cccc5c4sc4ccccc45)ccc32)cc1. The molecule has 220 valence electrons. The van der Waals surface area contributed by atoms with E-state index in [-0.39, 0.29) is 0 Å². The number of rotatable bonds is 4. The number of hydrogen-bond acceptors (Lipinski definition) is 3. The van der Waals surface area contributed by atoms with E-state index in [1.54, 1.807) is 0 Å². The van der Waals surface area contributed by atoms with Gasteiger partial charge in [0, 0.05) is 60.3 Å². The highest BCUT2D eigenvalue weighted by Crippen LogP contribution is 2.42. The van der Waals surface area contributed by atoms with Gasteiger partial charge in [0.05, 0.1) is 22.1 Å². The summed E-state index contributed by atoms with van der Waals surface area (Å²) in [5.74, 6) is 0.902. The van der Waals surface area contributed by atoms with Gasteiger partial charge in [-0.25, -0.2) is 4.98 Å². The van der Waals surface area contributed by atoms with E-state index in [1.807, 2.05) is 41.9 Å². The van der Waals surface area contributed by atoms with Crippen molar-refractivity contribution in [3.05, 3.63) is 158 Å². The zero-order valence-corrected chi connectivity index (χ0v) is 26.0. The second-order valence-corrected chi connectivity index (χ2v) is 12.9. The highest BCUT2D eigenvalue weighted by molar-refractivity contribution is 7.26. The Bertz CT molecular complexity index is 2790. The molecule has 10 rings (SSSR count). The molecule has 0 fully saturated rings. The first-order valence-corrected chi connectivity index (χ1v) is 16.6. The van der Waals surface area contributed by atoms with Crippen molar-refractivity contribution in [2.24, 2.45) is 0 Å². The molecule has 4 nitrogen and oxygen atoms in total. The van der Waals surface area contributed by atoms with Crippen LogP contribution < -0.4 is 0 Å². The third kappa shape index (κ3) is 4.00. The van der Waals surface area contributed by atoms with Gasteiger partial charge in [0.1, 0.15) is 5.82 Å². The number of para-hydroxylation sites is 3. The average molecular weight is 619 g/mol. The average Bonchev–Trinajstić information content (AvgIpc) is 3.82. The lowest BCUT2D eigenvalue weighted by atomic mass is 10.0. The Hall–Kier alpha value is -6.04. The molecule has 0 aliphatic rings. The molecule has 0 saturated carbocycles. The highest BCUT2D eigenvalue weighted by Gasteiger charge is 2.17. The van der Waals surface area contributed by atoms with Gasteiger partial charge in [0.15, 0.2) is 0 Å². The second-order valence-electron chi connectivity index (χ2n) is 11.9. The van der Waals surface area contributed by atoms with Crippen molar-refractivity contribution in [2.75, 3.05) is 0 Å². The summed E-state index contributed by atoms with van der Waals surface area (Å²) < 4.78 is 7.29. The van der Waals surface area contributed by atoms with Crippen molar-refractivity contribution in [3.63, 3.8) is 0 Å². The Kier molecular flexibility index (Phi) is 5.71. The Labute approximate surface area is 274 Å². The van der Waals surface area contributed by atoms with Crippen LogP contribution in [0.25, 0.3) is 86.9 Å². The monoisotopic (exact) mass is 618 g/mol. The van der Waals surface area contributed by atoms with E-state index >= 15 is 0 Å². The summed E-state index contributed by atoms with van der Waals surface area (Å²) >= 11 is 1.88. The fraction of sp³-hybridized carbons (Fsp3) is 0. The molecule has 0 atom stereocenters. The van der Waals surface area contributed by atoms with Crippen LogP contribution in [-0.2, 0) is 0 Å². The van der Waals surface area contributed by atoms with Crippen molar-refractivity contribution in [1.82, 2.24) is 19.1 Å². The molecule has 0 N–H and O–H groups in total. The first kappa shape index (κ1) is 26.2. The van der Waals surface area contributed by atoms with Crippen LogP contribution in [0.1, 0.15) is 0 Å². The molecule has 4 heterocycles. The number of hydrogen-bond donors (Lipinski definition) is 0. The number of imidazole rings is 1. The molecule has 4 aromatic heterocycles. The molecule has 10 aromatic rings. The minimum atomic E-state index is 0.902. The Morgan fingerprint density at radius 2 is 1.15 bits per heavy atom. The molecule has 0 radical (unpaired) electrons. The maximum Gasteiger partial charge on any atom is 0.145 e. The molecule has 0 aliphatic heterocycles. The van der Waals surface area contributed by atoms with E-state index in [0.717, 1.165) is 33.8 Å². The quantitative estimate of drug-likeness (QED) is 0.197. The van der Waals surface area contributed by atoms with E-state index < -0.39 is 0 Å². The van der Waals surface area contributed by atoms with Gasteiger partial charge in [-0.3, -0.25) is 9.55 Å². The lowest BCUT2D eigenvalue weighted by Crippen LogP contribution is -1.99. The van der Waals surface area contributed by atoms with Gasteiger partial charge in [-0.1, -0.05) is 72.8 Å². The largest absolute Gasteiger partial charge is 0.309 e. The minimum Gasteiger partial charge on any atom is -0.309 e. The third-order valence-electron chi connectivity index (χ3n) is 9.25. The summed E-state index contributed by atoms with van der Waals surface area (Å²) in [4.78, 5) is 9.23. The molecule has 5 heteroatoms. The van der Waals surface area contributed by atoms with Gasteiger partial charge in [-0.2, -0.15) is 0 Å². The van der Waals surface area contributed by atoms with Gasteiger partial charge in [0.25, 0.3) is 0 Å². The number of benzene rings is 6. The lowest BCUT2D eigenvalue weighted by Gasteiger charge is -2.12. The number of pyridine rings is 1. The predicted octanol–water partition coefficient (Wildman–Crippen LogP) is 11.2. The van der Waals surface area contributed by atoms with Crippen molar-refractivity contribution >= 4 is 64.3 Å². The molecular weight excluding hydrogens is 593 g/mol. The fourth-order valence-corrected chi connectivity index (χ4v) is 8.36. The summed E-state index contributed by atoms with van der Waals surface area (Å²) in [6.45, 7) is 0. The number of fused-ring (bicyclic) bond motifs is 7. The second kappa shape index (κ2) is 10.2. The summed E-state index contributed by atoms with van der Waals surface area (Å²) in [6, 6.07) is 52.3. The zero-order valence-electron chi connectivity index (χ0n) is 25.2. The molecule has 0 amide bonds. The number of nitrogens with zero attached hydrogens (tertiary/aromatic N) is 4. The summed E-state index contributed by atoms with van der Waals surface area (Å²) in [7, 11) is 0. The molecule has 0 bridgehead atoms. The summed E-state index contributed by atoms with van der Waals surface area (Å²) in [6.07, 6.45) is 3.64.